The molecule has 0 aliphatic rings. The molecule has 6 nitrogen and oxygen atoms in total. The van der Waals surface area contributed by atoms with Gasteiger partial charge in [-0.25, -0.2) is 4.98 Å². The summed E-state index contributed by atoms with van der Waals surface area (Å²) in [5.41, 5.74) is -0.0772. The summed E-state index contributed by atoms with van der Waals surface area (Å²) < 4.78 is 6.11. The van der Waals surface area contributed by atoms with Gasteiger partial charge in [-0.15, -0.1) is 0 Å². The molecular formula is C12H6BrN3O3. The highest BCUT2D eigenvalue weighted by Gasteiger charge is 2.17. The van der Waals surface area contributed by atoms with Crippen molar-refractivity contribution in [2.24, 2.45) is 0 Å². The summed E-state index contributed by atoms with van der Waals surface area (Å²) in [5, 5.41) is 19.6. The number of nitro groups is 1. The third kappa shape index (κ3) is 3.05. The molecule has 0 unspecified atom stereocenters. The number of rotatable bonds is 3. The SMILES string of the molecule is N#Cc1ccc(Oc2ccc(Br)cn2)c([N+](=O)[O-])c1. The van der Waals surface area contributed by atoms with Crippen LogP contribution in [0.15, 0.2) is 41.0 Å². The van der Waals surface area contributed by atoms with E-state index in [1.807, 2.05) is 6.07 Å². The fourth-order valence-corrected chi connectivity index (χ4v) is 1.59. The average molecular weight is 320 g/mol. The van der Waals surface area contributed by atoms with Crippen molar-refractivity contribution in [2.45, 2.75) is 0 Å². The van der Waals surface area contributed by atoms with Crippen molar-refractivity contribution in [1.82, 2.24) is 4.98 Å². The Morgan fingerprint density at radius 1 is 1.37 bits per heavy atom. The zero-order chi connectivity index (χ0) is 13.8. The summed E-state index contributed by atoms with van der Waals surface area (Å²) in [7, 11) is 0. The Morgan fingerprint density at radius 2 is 2.16 bits per heavy atom. The second-order valence-electron chi connectivity index (χ2n) is 3.47. The molecule has 0 saturated carbocycles. The highest BCUT2D eigenvalue weighted by Crippen LogP contribution is 2.31. The van der Waals surface area contributed by atoms with Crippen LogP contribution >= 0.6 is 15.9 Å². The number of benzene rings is 1. The smallest absolute Gasteiger partial charge is 0.312 e. The molecule has 0 bridgehead atoms. The van der Waals surface area contributed by atoms with E-state index in [-0.39, 0.29) is 22.9 Å². The maximum atomic E-state index is 10.9. The molecule has 1 aromatic carbocycles. The molecule has 0 atom stereocenters. The first-order valence-corrected chi connectivity index (χ1v) is 5.87. The Bertz CT molecular complexity index is 665. The number of hydrogen-bond acceptors (Lipinski definition) is 5. The zero-order valence-corrected chi connectivity index (χ0v) is 11.0. The van der Waals surface area contributed by atoms with Gasteiger partial charge < -0.3 is 4.74 Å². The summed E-state index contributed by atoms with van der Waals surface area (Å²) in [6, 6.07) is 9.10. The minimum atomic E-state index is -0.602. The van der Waals surface area contributed by atoms with Crippen LogP contribution in [0.25, 0.3) is 0 Å². The van der Waals surface area contributed by atoms with Gasteiger partial charge in [0, 0.05) is 22.8 Å². The predicted octanol–water partition coefficient (Wildman–Crippen LogP) is 3.42. The van der Waals surface area contributed by atoms with Crippen LogP contribution < -0.4 is 4.74 Å². The maximum absolute atomic E-state index is 10.9. The largest absolute Gasteiger partial charge is 0.432 e. The molecule has 0 radical (unpaired) electrons. The van der Waals surface area contributed by atoms with E-state index < -0.39 is 4.92 Å². The number of ether oxygens (including phenoxy) is 1. The van der Waals surface area contributed by atoms with Gasteiger partial charge in [0.2, 0.25) is 11.6 Å². The first-order valence-electron chi connectivity index (χ1n) is 5.08. The fraction of sp³-hybridized carbons (Fsp3) is 0. The third-order valence-electron chi connectivity index (χ3n) is 2.20. The first-order chi connectivity index (χ1) is 9.10. The van der Waals surface area contributed by atoms with E-state index in [0.717, 1.165) is 10.5 Å². The number of aromatic nitrogens is 1. The minimum Gasteiger partial charge on any atom is -0.432 e. The molecular weight excluding hydrogens is 314 g/mol. The van der Waals surface area contributed by atoms with E-state index in [2.05, 4.69) is 20.9 Å². The predicted molar refractivity (Wildman–Crippen MR) is 69.8 cm³/mol. The standard InChI is InChI=1S/C12H6BrN3O3/c13-9-2-4-12(15-7-9)19-11-3-1-8(6-14)5-10(11)16(17)18/h1-5,7H. The number of hydrogen-bond donors (Lipinski definition) is 0. The Labute approximate surface area is 116 Å². The molecule has 1 aromatic heterocycles. The molecule has 0 amide bonds. The number of pyridine rings is 1. The molecule has 0 saturated heterocycles. The van der Waals surface area contributed by atoms with Gasteiger partial charge in [0.1, 0.15) is 0 Å². The van der Waals surface area contributed by atoms with Crippen molar-refractivity contribution in [3.05, 3.63) is 56.7 Å². The third-order valence-corrected chi connectivity index (χ3v) is 2.67. The van der Waals surface area contributed by atoms with E-state index >= 15 is 0 Å². The Kier molecular flexibility index (Phi) is 3.73. The van der Waals surface area contributed by atoms with Crippen molar-refractivity contribution in [3.8, 4) is 17.7 Å². The van der Waals surface area contributed by atoms with Crippen LogP contribution in [-0.2, 0) is 0 Å². The van der Waals surface area contributed by atoms with Gasteiger partial charge in [-0.1, -0.05) is 0 Å². The van der Waals surface area contributed by atoms with Crippen LogP contribution in [0.5, 0.6) is 11.6 Å². The zero-order valence-electron chi connectivity index (χ0n) is 9.41. The van der Waals surface area contributed by atoms with Crippen LogP contribution in [0.1, 0.15) is 5.56 Å². The van der Waals surface area contributed by atoms with Gasteiger partial charge in [-0.3, -0.25) is 10.1 Å². The molecule has 94 valence electrons. The highest BCUT2D eigenvalue weighted by molar-refractivity contribution is 9.10. The van der Waals surface area contributed by atoms with Crippen LogP contribution in [-0.4, -0.2) is 9.91 Å². The van der Waals surface area contributed by atoms with Crippen molar-refractivity contribution < 1.29 is 9.66 Å². The van der Waals surface area contributed by atoms with E-state index in [1.165, 1.54) is 18.3 Å². The molecule has 2 rings (SSSR count). The number of nitriles is 1. The number of nitro benzene ring substituents is 1. The molecule has 0 spiro atoms. The first kappa shape index (κ1) is 13.0. The van der Waals surface area contributed by atoms with Crippen LogP contribution in [0, 0.1) is 21.4 Å². The van der Waals surface area contributed by atoms with Crippen LogP contribution in [0.2, 0.25) is 0 Å². The highest BCUT2D eigenvalue weighted by atomic mass is 79.9. The monoisotopic (exact) mass is 319 g/mol. The van der Waals surface area contributed by atoms with E-state index in [1.54, 1.807) is 12.1 Å². The van der Waals surface area contributed by atoms with Gasteiger partial charge >= 0.3 is 5.69 Å². The second kappa shape index (κ2) is 5.46. The molecule has 0 fully saturated rings. The summed E-state index contributed by atoms with van der Waals surface area (Å²) in [6.45, 7) is 0. The van der Waals surface area contributed by atoms with Gasteiger partial charge in [-0.2, -0.15) is 5.26 Å². The van der Waals surface area contributed by atoms with Crippen molar-refractivity contribution in [3.63, 3.8) is 0 Å². The normalized spacial score (nSPS) is 9.68. The summed E-state index contributed by atoms with van der Waals surface area (Å²) in [4.78, 5) is 14.3. The lowest BCUT2D eigenvalue weighted by Crippen LogP contribution is -1.95. The van der Waals surface area contributed by atoms with Gasteiger partial charge in [0.25, 0.3) is 0 Å². The molecule has 7 heteroatoms. The lowest BCUT2D eigenvalue weighted by molar-refractivity contribution is -0.385. The Morgan fingerprint density at radius 3 is 2.74 bits per heavy atom. The van der Waals surface area contributed by atoms with E-state index in [0.29, 0.717) is 0 Å². The molecule has 2 aromatic rings. The summed E-state index contributed by atoms with van der Waals surface area (Å²) >= 11 is 3.23. The minimum absolute atomic E-state index is 0.0406. The average Bonchev–Trinajstić information content (AvgIpc) is 2.41. The topological polar surface area (TPSA) is 89.0 Å². The maximum Gasteiger partial charge on any atom is 0.312 e. The van der Waals surface area contributed by atoms with Crippen molar-refractivity contribution in [1.29, 1.82) is 5.26 Å². The lowest BCUT2D eigenvalue weighted by atomic mass is 10.2. The van der Waals surface area contributed by atoms with Crippen LogP contribution in [0.3, 0.4) is 0 Å². The van der Waals surface area contributed by atoms with Gasteiger partial charge in [0.05, 0.1) is 16.6 Å². The van der Waals surface area contributed by atoms with Crippen LogP contribution in [0.4, 0.5) is 5.69 Å². The number of nitrogens with zero attached hydrogens (tertiary/aromatic N) is 3. The second-order valence-corrected chi connectivity index (χ2v) is 4.38. The molecule has 1 heterocycles. The van der Waals surface area contributed by atoms with E-state index in [4.69, 9.17) is 10.00 Å². The van der Waals surface area contributed by atoms with Gasteiger partial charge in [0.15, 0.2) is 0 Å². The van der Waals surface area contributed by atoms with E-state index in [9.17, 15) is 10.1 Å². The summed E-state index contributed by atoms with van der Waals surface area (Å²) in [6.07, 6.45) is 1.52. The fourth-order valence-electron chi connectivity index (χ4n) is 1.35. The molecule has 0 aliphatic carbocycles. The summed E-state index contributed by atoms with van der Waals surface area (Å²) in [5.74, 6) is 0.273. The Hall–Kier alpha value is -2.46. The lowest BCUT2D eigenvalue weighted by Gasteiger charge is -2.05. The quantitative estimate of drug-likeness (QED) is 0.638. The van der Waals surface area contributed by atoms with Crippen molar-refractivity contribution >= 4 is 21.6 Å². The molecule has 19 heavy (non-hydrogen) atoms. The van der Waals surface area contributed by atoms with Gasteiger partial charge in [-0.05, 0) is 34.1 Å². The number of halogens is 1. The molecule has 0 aliphatic heterocycles. The van der Waals surface area contributed by atoms with Crippen molar-refractivity contribution in [2.75, 3.05) is 0 Å². The molecule has 0 N–H and O–H groups in total. The Balaban J connectivity index is 2.37.